The number of amides is 1. The fourth-order valence-corrected chi connectivity index (χ4v) is 2.19. The van der Waals surface area contributed by atoms with Crippen LogP contribution in [0.15, 0.2) is 24.3 Å². The van der Waals surface area contributed by atoms with Gasteiger partial charge in [-0.05, 0) is 42.9 Å². The van der Waals surface area contributed by atoms with Gasteiger partial charge in [0.05, 0.1) is 19.7 Å². The van der Waals surface area contributed by atoms with E-state index in [4.69, 9.17) is 27.4 Å². The van der Waals surface area contributed by atoms with E-state index in [1.807, 2.05) is 24.3 Å². The average Bonchev–Trinajstić information content (AvgIpc) is 2.87. The molecule has 0 aliphatic carbocycles. The number of nitrogens with one attached hydrogen (secondary N) is 1. The van der Waals surface area contributed by atoms with Gasteiger partial charge in [0.2, 0.25) is 0 Å². The molecular weight excluding hydrogens is 302 g/mol. The number of anilines is 1. The molecular formula is C15H21N3O3S. The highest BCUT2D eigenvalue weighted by Gasteiger charge is 2.32. The molecule has 1 heterocycles. The summed E-state index contributed by atoms with van der Waals surface area (Å²) in [5, 5.41) is 3.00. The molecule has 0 aromatic heterocycles. The first-order chi connectivity index (χ1) is 10.6. The molecule has 0 saturated carbocycles. The van der Waals surface area contributed by atoms with Gasteiger partial charge in [-0.3, -0.25) is 4.90 Å². The maximum atomic E-state index is 11.9. The number of hydrogen-bond acceptors (Lipinski definition) is 4. The van der Waals surface area contributed by atoms with Gasteiger partial charge in [-0.1, -0.05) is 13.3 Å². The minimum Gasteiger partial charge on any atom is -0.494 e. The molecule has 1 amide bonds. The highest BCUT2D eigenvalue weighted by atomic mass is 32.1. The van der Waals surface area contributed by atoms with Crippen molar-refractivity contribution in [3.05, 3.63) is 24.3 Å². The third-order valence-electron chi connectivity index (χ3n) is 3.29. The Kier molecular flexibility index (Phi) is 5.83. The van der Waals surface area contributed by atoms with E-state index in [2.05, 4.69) is 12.2 Å². The van der Waals surface area contributed by atoms with Crippen molar-refractivity contribution in [2.45, 2.75) is 25.9 Å². The quantitative estimate of drug-likeness (QED) is 0.590. The predicted molar refractivity (Wildman–Crippen MR) is 89.2 cm³/mol. The van der Waals surface area contributed by atoms with Crippen LogP contribution < -0.4 is 20.7 Å². The number of nitrogens with two attached hydrogens (primary N) is 1. The first-order valence-electron chi connectivity index (χ1n) is 7.34. The SMILES string of the molecule is CCCCOc1ccc(N2C[C@H](CNC(N)=S)OC2=O)cc1. The third kappa shape index (κ3) is 4.49. The van der Waals surface area contributed by atoms with Crippen molar-refractivity contribution >= 4 is 29.1 Å². The summed E-state index contributed by atoms with van der Waals surface area (Å²) in [6.07, 6.45) is 1.49. The lowest BCUT2D eigenvalue weighted by Crippen LogP contribution is -2.37. The molecule has 0 spiro atoms. The molecule has 3 N–H and O–H groups in total. The van der Waals surface area contributed by atoms with Gasteiger partial charge in [0.15, 0.2) is 5.11 Å². The zero-order valence-electron chi connectivity index (χ0n) is 12.6. The van der Waals surface area contributed by atoms with Crippen LogP contribution in [0.3, 0.4) is 0 Å². The summed E-state index contributed by atoms with van der Waals surface area (Å²) in [5.74, 6) is 0.802. The van der Waals surface area contributed by atoms with Crippen molar-refractivity contribution in [1.82, 2.24) is 5.32 Å². The summed E-state index contributed by atoms with van der Waals surface area (Å²) < 4.78 is 10.9. The lowest BCUT2D eigenvalue weighted by molar-refractivity contribution is 0.143. The zero-order valence-corrected chi connectivity index (χ0v) is 13.4. The van der Waals surface area contributed by atoms with Gasteiger partial charge >= 0.3 is 6.09 Å². The van der Waals surface area contributed by atoms with Gasteiger partial charge in [0.1, 0.15) is 11.9 Å². The van der Waals surface area contributed by atoms with Gasteiger partial charge in [-0.15, -0.1) is 0 Å². The Balaban J connectivity index is 1.91. The second-order valence-corrected chi connectivity index (χ2v) is 5.50. The van der Waals surface area contributed by atoms with Crippen molar-refractivity contribution in [3.63, 3.8) is 0 Å². The Morgan fingerprint density at radius 1 is 1.50 bits per heavy atom. The maximum Gasteiger partial charge on any atom is 0.414 e. The highest BCUT2D eigenvalue weighted by Crippen LogP contribution is 2.24. The Labute approximate surface area is 135 Å². The fourth-order valence-electron chi connectivity index (χ4n) is 2.11. The van der Waals surface area contributed by atoms with E-state index >= 15 is 0 Å². The molecule has 0 unspecified atom stereocenters. The van der Waals surface area contributed by atoms with Gasteiger partial charge in [0.25, 0.3) is 0 Å². The number of carbonyl (C=O) groups excluding carboxylic acids is 1. The Hall–Kier alpha value is -2.02. The molecule has 2 rings (SSSR count). The van der Waals surface area contributed by atoms with Crippen LogP contribution >= 0.6 is 12.2 Å². The van der Waals surface area contributed by atoms with Crippen LogP contribution in [0.5, 0.6) is 5.75 Å². The van der Waals surface area contributed by atoms with Crippen molar-refractivity contribution < 1.29 is 14.3 Å². The van der Waals surface area contributed by atoms with Crippen molar-refractivity contribution in [2.24, 2.45) is 5.73 Å². The predicted octanol–water partition coefficient (Wildman–Crippen LogP) is 2.02. The van der Waals surface area contributed by atoms with E-state index in [-0.39, 0.29) is 17.3 Å². The molecule has 1 fully saturated rings. The second-order valence-electron chi connectivity index (χ2n) is 5.06. The van der Waals surface area contributed by atoms with Crippen LogP contribution in [-0.4, -0.2) is 37.0 Å². The number of benzene rings is 1. The summed E-state index contributed by atoms with van der Waals surface area (Å²) in [6, 6.07) is 7.43. The number of unbranched alkanes of at least 4 members (excludes halogenated alkanes) is 1. The van der Waals surface area contributed by atoms with E-state index < -0.39 is 0 Å². The fraction of sp³-hybridized carbons (Fsp3) is 0.467. The summed E-state index contributed by atoms with van der Waals surface area (Å²) in [4.78, 5) is 13.5. The molecule has 0 radical (unpaired) electrons. The Morgan fingerprint density at radius 2 is 2.23 bits per heavy atom. The number of nitrogens with zero attached hydrogens (tertiary/aromatic N) is 1. The highest BCUT2D eigenvalue weighted by molar-refractivity contribution is 7.80. The largest absolute Gasteiger partial charge is 0.494 e. The minimum atomic E-state index is -0.366. The number of carbonyl (C=O) groups is 1. The average molecular weight is 323 g/mol. The first-order valence-corrected chi connectivity index (χ1v) is 7.75. The molecule has 1 aromatic rings. The van der Waals surface area contributed by atoms with Crippen LogP contribution in [0, 0.1) is 0 Å². The monoisotopic (exact) mass is 323 g/mol. The Bertz CT molecular complexity index is 521. The molecule has 1 aliphatic heterocycles. The minimum absolute atomic E-state index is 0.197. The third-order valence-corrected chi connectivity index (χ3v) is 3.44. The molecule has 6 nitrogen and oxygen atoms in total. The first kappa shape index (κ1) is 16.4. The van der Waals surface area contributed by atoms with E-state index in [0.29, 0.717) is 19.7 Å². The van der Waals surface area contributed by atoms with Crippen LogP contribution in [0.2, 0.25) is 0 Å². The zero-order chi connectivity index (χ0) is 15.9. The topological polar surface area (TPSA) is 76.8 Å². The number of cyclic esters (lactones) is 1. The van der Waals surface area contributed by atoms with Gasteiger partial charge in [-0.25, -0.2) is 4.79 Å². The van der Waals surface area contributed by atoms with E-state index in [9.17, 15) is 4.79 Å². The smallest absolute Gasteiger partial charge is 0.414 e. The van der Waals surface area contributed by atoms with Gasteiger partial charge < -0.3 is 20.5 Å². The van der Waals surface area contributed by atoms with Crippen LogP contribution in [-0.2, 0) is 4.74 Å². The number of thiocarbonyl (C=S) groups is 1. The van der Waals surface area contributed by atoms with Crippen molar-refractivity contribution in [1.29, 1.82) is 0 Å². The van der Waals surface area contributed by atoms with Gasteiger partial charge in [-0.2, -0.15) is 0 Å². The molecule has 1 aliphatic rings. The lowest BCUT2D eigenvalue weighted by atomic mass is 10.2. The van der Waals surface area contributed by atoms with Crippen LogP contribution in [0.1, 0.15) is 19.8 Å². The summed E-state index contributed by atoms with van der Waals surface area (Å²) >= 11 is 4.74. The summed E-state index contributed by atoms with van der Waals surface area (Å²) in [5.41, 5.74) is 6.15. The van der Waals surface area contributed by atoms with E-state index in [1.165, 1.54) is 0 Å². The standard InChI is InChI=1S/C15H21N3O3S/c1-2-3-8-20-12-6-4-11(5-7-12)18-10-13(21-15(18)19)9-17-14(16)22/h4-7,13H,2-3,8-10H2,1H3,(H3,16,17,22)/t13-/m0/s1. The van der Waals surface area contributed by atoms with Crippen LogP contribution in [0.25, 0.3) is 0 Å². The lowest BCUT2D eigenvalue weighted by Gasteiger charge is -2.14. The van der Waals surface area contributed by atoms with Gasteiger partial charge in [0, 0.05) is 5.69 Å². The molecule has 120 valence electrons. The summed E-state index contributed by atoms with van der Waals surface area (Å²) in [6.45, 7) is 3.70. The molecule has 7 heteroatoms. The van der Waals surface area contributed by atoms with E-state index in [1.54, 1.807) is 4.90 Å². The molecule has 0 bridgehead atoms. The van der Waals surface area contributed by atoms with Crippen molar-refractivity contribution in [2.75, 3.05) is 24.6 Å². The second kappa shape index (κ2) is 7.84. The molecule has 1 atom stereocenters. The number of hydrogen-bond donors (Lipinski definition) is 2. The molecule has 1 saturated heterocycles. The van der Waals surface area contributed by atoms with E-state index in [0.717, 1.165) is 24.3 Å². The normalized spacial score (nSPS) is 17.2. The van der Waals surface area contributed by atoms with Crippen molar-refractivity contribution in [3.8, 4) is 5.75 Å². The Morgan fingerprint density at radius 3 is 2.86 bits per heavy atom. The van der Waals surface area contributed by atoms with Crippen LogP contribution in [0.4, 0.5) is 10.5 Å². The maximum absolute atomic E-state index is 11.9. The molecule has 1 aromatic carbocycles. The number of ether oxygens (including phenoxy) is 2. The summed E-state index contributed by atoms with van der Waals surface area (Å²) in [7, 11) is 0. The number of rotatable bonds is 7. The molecule has 22 heavy (non-hydrogen) atoms.